The van der Waals surface area contributed by atoms with E-state index in [-0.39, 0.29) is 29.6 Å². The second kappa shape index (κ2) is 9.50. The van der Waals surface area contributed by atoms with Crippen molar-refractivity contribution in [2.24, 2.45) is 0 Å². The molecule has 4 aromatic rings. The van der Waals surface area contributed by atoms with Gasteiger partial charge in [-0.05, 0) is 23.3 Å². The van der Waals surface area contributed by atoms with E-state index in [9.17, 15) is 18.0 Å². The molecule has 1 amide bonds. The predicted molar refractivity (Wildman–Crippen MR) is 116 cm³/mol. The molecule has 33 heavy (non-hydrogen) atoms. The van der Waals surface area contributed by atoms with E-state index in [4.69, 9.17) is 16.3 Å². The summed E-state index contributed by atoms with van der Waals surface area (Å²) in [5.74, 6) is 0.223. The van der Waals surface area contributed by atoms with Crippen LogP contribution in [0.3, 0.4) is 0 Å². The fraction of sp³-hybridized carbons (Fsp3) is 0.174. The Balaban J connectivity index is 1.40. The lowest BCUT2D eigenvalue weighted by Gasteiger charge is -2.12. The number of fused-ring (bicyclic) bond motifs is 1. The Kier molecular flexibility index (Phi) is 6.50. The van der Waals surface area contributed by atoms with Gasteiger partial charge in [-0.1, -0.05) is 60.1 Å². The van der Waals surface area contributed by atoms with Gasteiger partial charge in [0.15, 0.2) is 18.1 Å². The molecule has 2 aromatic heterocycles. The van der Waals surface area contributed by atoms with Crippen molar-refractivity contribution < 1.29 is 22.7 Å². The van der Waals surface area contributed by atoms with Crippen LogP contribution in [0, 0.1) is 0 Å². The van der Waals surface area contributed by atoms with Crippen LogP contribution in [-0.4, -0.2) is 27.1 Å². The molecule has 0 saturated carbocycles. The van der Waals surface area contributed by atoms with Crippen LogP contribution in [0.2, 0.25) is 5.02 Å². The van der Waals surface area contributed by atoms with Crippen molar-refractivity contribution in [3.8, 4) is 5.75 Å². The maximum atomic E-state index is 13.1. The van der Waals surface area contributed by atoms with E-state index < -0.39 is 17.6 Å². The van der Waals surface area contributed by atoms with Gasteiger partial charge in [0.05, 0.1) is 17.1 Å². The third-order valence-corrected chi connectivity index (χ3v) is 5.15. The Morgan fingerprint density at radius 2 is 1.79 bits per heavy atom. The molecule has 2 heterocycles. The summed E-state index contributed by atoms with van der Waals surface area (Å²) in [6, 6.07) is 18.0. The number of halogens is 4. The number of carbonyl (C=O) groups excluding carboxylic acids is 1. The van der Waals surface area contributed by atoms with Crippen LogP contribution in [0.5, 0.6) is 5.75 Å². The number of rotatable bonds is 7. The molecule has 0 spiro atoms. The Hall–Kier alpha value is -3.59. The summed E-state index contributed by atoms with van der Waals surface area (Å²) in [7, 11) is 0. The number of aromatic nitrogens is 3. The van der Waals surface area contributed by atoms with Crippen molar-refractivity contribution in [2.75, 3.05) is 6.61 Å². The maximum absolute atomic E-state index is 13.1. The minimum Gasteiger partial charge on any atom is -0.483 e. The number of carbonyl (C=O) groups is 1. The zero-order valence-electron chi connectivity index (χ0n) is 17.1. The number of alkyl halides is 3. The topological polar surface area (TPSA) is 68.5 Å². The SMILES string of the molecule is O=C(COc1ccccc1Cc1ccccc1)NCc1nnc2c(Cl)cc(C(F)(F)F)cn12. The molecule has 6 nitrogen and oxygen atoms in total. The number of ether oxygens (including phenoxy) is 1. The zero-order chi connectivity index (χ0) is 23.4. The molecule has 2 aromatic carbocycles. The molecule has 4 rings (SSSR count). The monoisotopic (exact) mass is 474 g/mol. The van der Waals surface area contributed by atoms with Gasteiger partial charge in [0, 0.05) is 12.6 Å². The predicted octanol–water partition coefficient (Wildman–Crippen LogP) is 4.69. The highest BCUT2D eigenvalue weighted by molar-refractivity contribution is 6.33. The fourth-order valence-corrected chi connectivity index (χ4v) is 3.50. The summed E-state index contributed by atoms with van der Waals surface area (Å²) in [6.45, 7) is -0.413. The highest BCUT2D eigenvalue weighted by Crippen LogP contribution is 2.32. The highest BCUT2D eigenvalue weighted by atomic mass is 35.5. The molecule has 0 radical (unpaired) electrons. The molecular formula is C23H18ClF3N4O2. The smallest absolute Gasteiger partial charge is 0.417 e. The second-order valence-electron chi connectivity index (χ2n) is 7.22. The minimum absolute atomic E-state index is 0.0694. The van der Waals surface area contributed by atoms with Gasteiger partial charge in [0.25, 0.3) is 5.91 Å². The quantitative estimate of drug-likeness (QED) is 0.422. The van der Waals surface area contributed by atoms with Gasteiger partial charge in [0.2, 0.25) is 0 Å². The van der Waals surface area contributed by atoms with Crippen LogP contribution in [0.1, 0.15) is 22.5 Å². The Bertz CT molecular complexity index is 1280. The Morgan fingerprint density at radius 1 is 1.06 bits per heavy atom. The summed E-state index contributed by atoms with van der Waals surface area (Å²) in [5.41, 5.74) is 1.16. The number of hydrogen-bond donors (Lipinski definition) is 1. The molecule has 0 aliphatic heterocycles. The number of nitrogens with zero attached hydrogens (tertiary/aromatic N) is 3. The van der Waals surface area contributed by atoms with E-state index in [0.717, 1.165) is 27.8 Å². The number of benzene rings is 2. The highest BCUT2D eigenvalue weighted by Gasteiger charge is 2.32. The fourth-order valence-electron chi connectivity index (χ4n) is 3.25. The lowest BCUT2D eigenvalue weighted by Crippen LogP contribution is -2.29. The first kappa shape index (κ1) is 22.6. The number of hydrogen-bond acceptors (Lipinski definition) is 4. The lowest BCUT2D eigenvalue weighted by atomic mass is 10.0. The van der Waals surface area contributed by atoms with E-state index in [0.29, 0.717) is 12.2 Å². The van der Waals surface area contributed by atoms with Gasteiger partial charge in [-0.15, -0.1) is 10.2 Å². The minimum atomic E-state index is -4.58. The molecule has 0 aliphatic rings. The van der Waals surface area contributed by atoms with Crippen molar-refractivity contribution in [1.29, 1.82) is 0 Å². The summed E-state index contributed by atoms with van der Waals surface area (Å²) in [4.78, 5) is 12.3. The summed E-state index contributed by atoms with van der Waals surface area (Å²) >= 11 is 5.90. The van der Waals surface area contributed by atoms with Crippen LogP contribution >= 0.6 is 11.6 Å². The van der Waals surface area contributed by atoms with E-state index >= 15 is 0 Å². The van der Waals surface area contributed by atoms with Crippen molar-refractivity contribution >= 4 is 23.2 Å². The number of para-hydroxylation sites is 1. The molecular weight excluding hydrogens is 457 g/mol. The van der Waals surface area contributed by atoms with Crippen LogP contribution in [-0.2, 0) is 23.9 Å². The summed E-state index contributed by atoms with van der Waals surface area (Å²) < 4.78 is 46.0. The number of amides is 1. The molecule has 0 aliphatic carbocycles. The summed E-state index contributed by atoms with van der Waals surface area (Å²) in [5, 5.41) is 10.0. The zero-order valence-corrected chi connectivity index (χ0v) is 17.9. The molecule has 0 saturated heterocycles. The van der Waals surface area contributed by atoms with E-state index in [1.807, 2.05) is 48.5 Å². The van der Waals surface area contributed by atoms with Crippen molar-refractivity contribution in [3.63, 3.8) is 0 Å². The first-order valence-electron chi connectivity index (χ1n) is 9.93. The Labute approximate surface area is 192 Å². The Morgan fingerprint density at radius 3 is 2.55 bits per heavy atom. The molecule has 170 valence electrons. The van der Waals surface area contributed by atoms with Crippen LogP contribution in [0.4, 0.5) is 13.2 Å². The molecule has 0 fully saturated rings. The number of nitrogens with one attached hydrogen (secondary N) is 1. The molecule has 10 heteroatoms. The van der Waals surface area contributed by atoms with Gasteiger partial charge in [-0.3, -0.25) is 9.20 Å². The van der Waals surface area contributed by atoms with Gasteiger partial charge in [0.1, 0.15) is 5.75 Å². The molecule has 0 bridgehead atoms. The summed E-state index contributed by atoms with van der Waals surface area (Å²) in [6.07, 6.45) is -3.09. The maximum Gasteiger partial charge on any atom is 0.417 e. The van der Waals surface area contributed by atoms with E-state index in [1.165, 1.54) is 0 Å². The average Bonchev–Trinajstić information content (AvgIpc) is 3.21. The van der Waals surface area contributed by atoms with Gasteiger partial charge >= 0.3 is 6.18 Å². The normalized spacial score (nSPS) is 11.5. The van der Waals surface area contributed by atoms with Crippen molar-refractivity contribution in [1.82, 2.24) is 19.9 Å². The molecule has 1 N–H and O–H groups in total. The van der Waals surface area contributed by atoms with Crippen molar-refractivity contribution in [3.05, 3.63) is 94.4 Å². The van der Waals surface area contributed by atoms with Crippen LogP contribution in [0.15, 0.2) is 66.9 Å². The molecule has 0 unspecified atom stereocenters. The van der Waals surface area contributed by atoms with Gasteiger partial charge < -0.3 is 10.1 Å². The largest absolute Gasteiger partial charge is 0.483 e. The first-order chi connectivity index (χ1) is 15.8. The average molecular weight is 475 g/mol. The van der Waals surface area contributed by atoms with E-state index in [1.54, 1.807) is 6.07 Å². The van der Waals surface area contributed by atoms with Crippen LogP contribution < -0.4 is 10.1 Å². The molecule has 0 atom stereocenters. The third-order valence-electron chi connectivity index (χ3n) is 4.87. The standard InChI is InChI=1S/C23H18ClF3N4O2/c24-18-11-17(23(25,26)27)13-31-20(29-30-22(18)31)12-28-21(32)14-33-19-9-5-4-8-16(19)10-15-6-2-1-3-7-15/h1-9,11,13H,10,12,14H2,(H,28,32). The third kappa shape index (κ3) is 5.43. The van der Waals surface area contributed by atoms with Gasteiger partial charge in [-0.25, -0.2) is 0 Å². The second-order valence-corrected chi connectivity index (χ2v) is 7.63. The lowest BCUT2D eigenvalue weighted by molar-refractivity contribution is -0.137. The van der Waals surface area contributed by atoms with Gasteiger partial charge in [-0.2, -0.15) is 13.2 Å². The van der Waals surface area contributed by atoms with Crippen molar-refractivity contribution in [2.45, 2.75) is 19.1 Å². The van der Waals surface area contributed by atoms with Crippen LogP contribution in [0.25, 0.3) is 5.65 Å². The first-order valence-corrected chi connectivity index (χ1v) is 10.3. The van der Waals surface area contributed by atoms with E-state index in [2.05, 4.69) is 15.5 Å². The number of pyridine rings is 1.